The van der Waals surface area contributed by atoms with Gasteiger partial charge in [0.05, 0.1) is 6.67 Å². The van der Waals surface area contributed by atoms with Crippen LogP contribution >= 0.6 is 0 Å². The first kappa shape index (κ1) is 14.0. The first-order valence-electron chi connectivity index (χ1n) is 6.54. The normalized spacial score (nSPS) is 16.8. The second-order valence-corrected chi connectivity index (χ2v) is 4.39. The van der Waals surface area contributed by atoms with Crippen molar-refractivity contribution in [3.63, 3.8) is 0 Å². The Hall–Kier alpha value is -1.10. The van der Waals surface area contributed by atoms with Gasteiger partial charge in [-0.15, -0.1) is 0 Å². The Kier molecular flexibility index (Phi) is 6.62. The molecule has 2 amide bonds. The minimum atomic E-state index is 0.0432. The molecule has 1 heterocycles. The van der Waals surface area contributed by atoms with E-state index < -0.39 is 0 Å². The summed E-state index contributed by atoms with van der Waals surface area (Å²) < 4.78 is 0. The molecule has 1 aliphatic rings. The number of nitrogens with zero attached hydrogens (tertiary/aromatic N) is 1. The van der Waals surface area contributed by atoms with Crippen LogP contribution < -0.4 is 10.7 Å². The molecule has 0 spiro atoms. The molecule has 0 radical (unpaired) electrons. The van der Waals surface area contributed by atoms with Crippen molar-refractivity contribution in [3.05, 3.63) is 0 Å². The molecule has 98 valence electrons. The first-order chi connectivity index (χ1) is 8.24. The van der Waals surface area contributed by atoms with Crippen molar-refractivity contribution in [2.24, 2.45) is 0 Å². The minimum absolute atomic E-state index is 0.0432. The Labute approximate surface area is 103 Å². The molecule has 0 aliphatic carbocycles. The van der Waals surface area contributed by atoms with Gasteiger partial charge in [0, 0.05) is 19.4 Å². The number of unbranched alkanes of at least 4 members (excludes halogenated alkanes) is 1. The van der Waals surface area contributed by atoms with E-state index in [1.165, 1.54) is 0 Å². The minimum Gasteiger partial charge on any atom is -0.342 e. The highest BCUT2D eigenvalue weighted by atomic mass is 16.2. The topological polar surface area (TPSA) is 61.4 Å². The second kappa shape index (κ2) is 8.06. The Morgan fingerprint density at radius 2 is 2.18 bits per heavy atom. The van der Waals surface area contributed by atoms with Gasteiger partial charge in [0.25, 0.3) is 0 Å². The molecule has 0 bridgehead atoms. The molecule has 0 aromatic carbocycles. The summed E-state index contributed by atoms with van der Waals surface area (Å²) in [5.74, 6) is 0.173. The van der Waals surface area contributed by atoms with Gasteiger partial charge in [0.1, 0.15) is 0 Å². The van der Waals surface area contributed by atoms with Gasteiger partial charge in [-0.25, -0.2) is 5.43 Å². The smallest absolute Gasteiger partial charge is 0.236 e. The number of carbonyl (C=O) groups is 2. The van der Waals surface area contributed by atoms with Crippen molar-refractivity contribution in [1.82, 2.24) is 15.8 Å². The monoisotopic (exact) mass is 241 g/mol. The van der Waals surface area contributed by atoms with Crippen LogP contribution in [0.25, 0.3) is 0 Å². The number of rotatable bonds is 6. The number of hydrogen-bond acceptors (Lipinski definition) is 3. The van der Waals surface area contributed by atoms with Crippen molar-refractivity contribution >= 4 is 11.8 Å². The maximum Gasteiger partial charge on any atom is 0.236 e. The van der Waals surface area contributed by atoms with Crippen LogP contribution in [-0.4, -0.2) is 30.0 Å². The summed E-state index contributed by atoms with van der Waals surface area (Å²) in [6.45, 7) is 3.14. The van der Waals surface area contributed by atoms with E-state index >= 15 is 0 Å². The molecular formula is C12H23N3O2. The molecule has 0 unspecified atom stereocenters. The highest BCUT2D eigenvalue weighted by Gasteiger charge is 2.15. The molecule has 2 N–H and O–H groups in total. The fraction of sp³-hybridized carbons (Fsp3) is 0.833. The molecule has 1 rings (SSSR count). The van der Waals surface area contributed by atoms with E-state index in [1.807, 2.05) is 0 Å². The van der Waals surface area contributed by atoms with Crippen molar-refractivity contribution < 1.29 is 9.59 Å². The molecule has 1 aliphatic heterocycles. The average molecular weight is 241 g/mol. The standard InChI is InChI=1S/C12H23N3O2/c1-2-3-7-11(16)13-10-14-15-9-6-4-5-8-12(15)17/h14H,2-10H2,1H3,(H,13,16). The van der Waals surface area contributed by atoms with Crippen LogP contribution in [0.15, 0.2) is 0 Å². The fourth-order valence-electron chi connectivity index (χ4n) is 1.81. The Morgan fingerprint density at radius 1 is 1.35 bits per heavy atom. The van der Waals surface area contributed by atoms with Gasteiger partial charge in [0.2, 0.25) is 11.8 Å². The third kappa shape index (κ3) is 5.68. The number of hydrazine groups is 1. The number of hydrogen-bond donors (Lipinski definition) is 2. The molecule has 1 fully saturated rings. The molecule has 5 heteroatoms. The number of amides is 2. The molecule has 0 atom stereocenters. The lowest BCUT2D eigenvalue weighted by Crippen LogP contribution is -2.47. The molecule has 5 nitrogen and oxygen atoms in total. The summed E-state index contributed by atoms with van der Waals surface area (Å²) in [6, 6.07) is 0. The van der Waals surface area contributed by atoms with Crippen molar-refractivity contribution in [1.29, 1.82) is 0 Å². The summed E-state index contributed by atoms with van der Waals surface area (Å²) in [5.41, 5.74) is 2.97. The summed E-state index contributed by atoms with van der Waals surface area (Å²) >= 11 is 0. The summed E-state index contributed by atoms with van der Waals surface area (Å²) in [6.07, 6.45) is 6.21. The molecule has 0 aromatic rings. The summed E-state index contributed by atoms with van der Waals surface area (Å²) in [4.78, 5) is 23.0. The van der Waals surface area contributed by atoms with Gasteiger partial charge in [-0.3, -0.25) is 14.6 Å². The number of carbonyl (C=O) groups excluding carboxylic acids is 2. The van der Waals surface area contributed by atoms with Crippen molar-refractivity contribution in [2.45, 2.75) is 51.9 Å². The maximum atomic E-state index is 11.6. The van der Waals surface area contributed by atoms with E-state index in [-0.39, 0.29) is 11.8 Å². The van der Waals surface area contributed by atoms with Crippen LogP contribution in [0.3, 0.4) is 0 Å². The van der Waals surface area contributed by atoms with E-state index in [0.29, 0.717) is 19.5 Å². The largest absolute Gasteiger partial charge is 0.342 e. The van der Waals surface area contributed by atoms with Gasteiger partial charge in [0.15, 0.2) is 0 Å². The van der Waals surface area contributed by atoms with Crippen LogP contribution in [0.4, 0.5) is 0 Å². The predicted octanol–water partition coefficient (Wildman–Crippen LogP) is 1.16. The zero-order valence-corrected chi connectivity index (χ0v) is 10.6. The lowest BCUT2D eigenvalue weighted by molar-refractivity contribution is -0.134. The third-order valence-corrected chi connectivity index (χ3v) is 2.89. The van der Waals surface area contributed by atoms with E-state index in [0.717, 1.165) is 38.6 Å². The Bertz CT molecular complexity index is 256. The first-order valence-corrected chi connectivity index (χ1v) is 6.54. The van der Waals surface area contributed by atoms with E-state index in [2.05, 4.69) is 17.7 Å². The fourth-order valence-corrected chi connectivity index (χ4v) is 1.81. The highest BCUT2D eigenvalue weighted by Crippen LogP contribution is 2.08. The molecule has 17 heavy (non-hydrogen) atoms. The lowest BCUT2D eigenvalue weighted by Gasteiger charge is -2.21. The molecule has 0 aromatic heterocycles. The zero-order chi connectivity index (χ0) is 12.5. The average Bonchev–Trinajstić information content (AvgIpc) is 2.52. The quantitative estimate of drug-likeness (QED) is 0.686. The number of nitrogens with one attached hydrogen (secondary N) is 2. The van der Waals surface area contributed by atoms with Crippen LogP contribution in [0, 0.1) is 0 Å². The predicted molar refractivity (Wildman–Crippen MR) is 65.9 cm³/mol. The van der Waals surface area contributed by atoms with Gasteiger partial charge in [-0.1, -0.05) is 19.8 Å². The van der Waals surface area contributed by atoms with Gasteiger partial charge >= 0.3 is 0 Å². The van der Waals surface area contributed by atoms with Crippen LogP contribution in [0.1, 0.15) is 51.9 Å². The van der Waals surface area contributed by atoms with Crippen molar-refractivity contribution in [3.8, 4) is 0 Å². The van der Waals surface area contributed by atoms with E-state index in [9.17, 15) is 9.59 Å². The van der Waals surface area contributed by atoms with Gasteiger partial charge < -0.3 is 5.32 Å². The molecule has 0 saturated carbocycles. The summed E-state index contributed by atoms with van der Waals surface area (Å²) in [5, 5.41) is 4.39. The second-order valence-electron chi connectivity index (χ2n) is 4.39. The summed E-state index contributed by atoms with van der Waals surface area (Å²) in [7, 11) is 0. The third-order valence-electron chi connectivity index (χ3n) is 2.89. The van der Waals surface area contributed by atoms with Gasteiger partial charge in [-0.05, 0) is 19.3 Å². The lowest BCUT2D eigenvalue weighted by atomic mass is 10.2. The molecule has 1 saturated heterocycles. The Balaban J connectivity index is 2.16. The zero-order valence-electron chi connectivity index (χ0n) is 10.6. The van der Waals surface area contributed by atoms with E-state index in [4.69, 9.17) is 0 Å². The van der Waals surface area contributed by atoms with Crippen molar-refractivity contribution in [2.75, 3.05) is 13.2 Å². The van der Waals surface area contributed by atoms with Gasteiger partial charge in [-0.2, -0.15) is 0 Å². The van der Waals surface area contributed by atoms with E-state index in [1.54, 1.807) is 5.01 Å². The maximum absolute atomic E-state index is 11.6. The van der Waals surface area contributed by atoms with Crippen LogP contribution in [0.5, 0.6) is 0 Å². The molecular weight excluding hydrogens is 218 g/mol. The highest BCUT2D eigenvalue weighted by molar-refractivity contribution is 5.76. The SMILES string of the molecule is CCCCC(=O)NCNN1CCCCCC1=O. The Morgan fingerprint density at radius 3 is 2.94 bits per heavy atom. The van der Waals surface area contributed by atoms with Crippen LogP contribution in [0.2, 0.25) is 0 Å². The van der Waals surface area contributed by atoms with Crippen LogP contribution in [-0.2, 0) is 9.59 Å².